The highest BCUT2D eigenvalue weighted by Gasteiger charge is 2.62. The predicted molar refractivity (Wildman–Crippen MR) is 128 cm³/mol. The molecule has 4 aliphatic rings. The van der Waals surface area contributed by atoms with Crippen molar-refractivity contribution >= 4 is 11.9 Å². The Morgan fingerprint density at radius 2 is 1.95 bits per heavy atom. The summed E-state index contributed by atoms with van der Waals surface area (Å²) < 4.78 is 27.9. The molecule has 11 heteroatoms. The van der Waals surface area contributed by atoms with E-state index in [9.17, 15) is 30.0 Å². The predicted octanol–water partition coefficient (Wildman–Crippen LogP) is 0.995. The molecule has 3 heterocycles. The summed E-state index contributed by atoms with van der Waals surface area (Å²) >= 11 is 0. The van der Waals surface area contributed by atoms with Gasteiger partial charge in [0.2, 0.25) is 0 Å². The number of aliphatic hydroxyl groups is 4. The SMILES string of the molecule is COC(=O)C1=CC(OC2OC(CO)C(O)C(O)C2O)CC2C1(C)CCC1C(=O)OC(c3ccoc3)CC12C. The van der Waals surface area contributed by atoms with Crippen molar-refractivity contribution in [3.05, 3.63) is 35.8 Å². The lowest BCUT2D eigenvalue weighted by Gasteiger charge is -2.60. The highest BCUT2D eigenvalue weighted by molar-refractivity contribution is 5.90. The third-order valence-electron chi connectivity index (χ3n) is 9.40. The molecule has 11 unspecified atom stereocenters. The van der Waals surface area contributed by atoms with Gasteiger partial charge in [-0.05, 0) is 49.2 Å². The van der Waals surface area contributed by atoms with Gasteiger partial charge < -0.3 is 43.8 Å². The lowest BCUT2D eigenvalue weighted by molar-refractivity contribution is -0.310. The summed E-state index contributed by atoms with van der Waals surface area (Å²) in [6, 6.07) is 1.77. The molecule has 38 heavy (non-hydrogen) atoms. The number of esters is 2. The van der Waals surface area contributed by atoms with E-state index in [-0.39, 0.29) is 17.8 Å². The summed E-state index contributed by atoms with van der Waals surface area (Å²) in [5.74, 6) is -1.39. The van der Waals surface area contributed by atoms with Gasteiger partial charge in [0, 0.05) is 16.6 Å². The van der Waals surface area contributed by atoms with Crippen LogP contribution in [0.15, 0.2) is 34.7 Å². The zero-order valence-corrected chi connectivity index (χ0v) is 21.7. The molecule has 2 aliphatic heterocycles. The molecule has 0 amide bonds. The molecule has 2 aliphatic carbocycles. The smallest absolute Gasteiger partial charge is 0.334 e. The zero-order valence-electron chi connectivity index (χ0n) is 21.7. The van der Waals surface area contributed by atoms with Crippen LogP contribution in [-0.2, 0) is 28.5 Å². The number of aliphatic hydroxyl groups excluding tert-OH is 4. The monoisotopic (exact) mass is 536 g/mol. The van der Waals surface area contributed by atoms with Gasteiger partial charge in [0.1, 0.15) is 30.5 Å². The lowest BCUT2D eigenvalue weighted by Crippen LogP contribution is -2.61. The van der Waals surface area contributed by atoms with Gasteiger partial charge in [0.25, 0.3) is 0 Å². The average Bonchev–Trinajstić information content (AvgIpc) is 3.43. The maximum atomic E-state index is 13.2. The van der Waals surface area contributed by atoms with Gasteiger partial charge in [-0.3, -0.25) is 4.79 Å². The molecule has 2 saturated heterocycles. The van der Waals surface area contributed by atoms with Gasteiger partial charge in [-0.15, -0.1) is 0 Å². The lowest BCUT2D eigenvalue weighted by atomic mass is 9.45. The van der Waals surface area contributed by atoms with E-state index in [0.29, 0.717) is 31.3 Å². The highest BCUT2D eigenvalue weighted by atomic mass is 16.7. The van der Waals surface area contributed by atoms with Crippen molar-refractivity contribution in [2.24, 2.45) is 22.7 Å². The van der Waals surface area contributed by atoms with Crippen LogP contribution in [0.4, 0.5) is 0 Å². The number of cyclic esters (lactones) is 1. The maximum absolute atomic E-state index is 13.2. The summed E-state index contributed by atoms with van der Waals surface area (Å²) in [6.07, 6.45) is -1.63. The Bertz CT molecular complexity index is 1070. The van der Waals surface area contributed by atoms with Gasteiger partial charge in [0.05, 0.1) is 38.3 Å². The minimum absolute atomic E-state index is 0.218. The number of ether oxygens (including phenoxy) is 4. The Kier molecular flexibility index (Phi) is 7.21. The number of hydrogen-bond donors (Lipinski definition) is 4. The van der Waals surface area contributed by atoms with Crippen LogP contribution in [0.1, 0.15) is 51.2 Å². The number of methoxy groups -OCH3 is 1. The maximum Gasteiger partial charge on any atom is 0.334 e. The van der Waals surface area contributed by atoms with E-state index >= 15 is 0 Å². The largest absolute Gasteiger partial charge is 0.472 e. The van der Waals surface area contributed by atoms with Crippen molar-refractivity contribution in [1.82, 2.24) is 0 Å². The van der Waals surface area contributed by atoms with Crippen LogP contribution >= 0.6 is 0 Å². The van der Waals surface area contributed by atoms with Crippen molar-refractivity contribution in [1.29, 1.82) is 0 Å². The van der Waals surface area contributed by atoms with E-state index in [1.165, 1.54) is 13.4 Å². The summed E-state index contributed by atoms with van der Waals surface area (Å²) in [6.45, 7) is 3.48. The van der Waals surface area contributed by atoms with Crippen molar-refractivity contribution in [3.8, 4) is 0 Å². The normalized spacial score (nSPS) is 44.9. The third kappa shape index (κ3) is 4.29. The fraction of sp³-hybridized carbons (Fsp3) is 0.704. The minimum atomic E-state index is -1.59. The van der Waals surface area contributed by atoms with Crippen LogP contribution in [0.3, 0.4) is 0 Å². The number of furan rings is 1. The Morgan fingerprint density at radius 1 is 1.18 bits per heavy atom. The highest BCUT2D eigenvalue weighted by Crippen LogP contribution is 2.65. The molecule has 4 N–H and O–H groups in total. The molecule has 11 atom stereocenters. The molecule has 1 aromatic heterocycles. The Labute approximate surface area is 220 Å². The second kappa shape index (κ2) is 10.0. The first-order valence-corrected chi connectivity index (χ1v) is 13.0. The van der Waals surface area contributed by atoms with E-state index in [1.807, 2.05) is 6.92 Å². The number of carbonyl (C=O) groups is 2. The van der Waals surface area contributed by atoms with Gasteiger partial charge in [-0.2, -0.15) is 0 Å². The molecular formula is C27H36O11. The molecule has 0 spiro atoms. The first-order chi connectivity index (χ1) is 18.0. The Morgan fingerprint density at radius 3 is 2.61 bits per heavy atom. The van der Waals surface area contributed by atoms with E-state index < -0.39 is 66.3 Å². The molecule has 0 bridgehead atoms. The van der Waals surface area contributed by atoms with Crippen LogP contribution in [0.25, 0.3) is 0 Å². The van der Waals surface area contributed by atoms with Gasteiger partial charge in [-0.25, -0.2) is 4.79 Å². The van der Waals surface area contributed by atoms with Crippen LogP contribution in [0.5, 0.6) is 0 Å². The standard InChI is InChI=1S/C27H36O11/c1-26-6-4-15-24(33)37-17(13-5-7-35-12-13)10-27(15,2)19(26)9-14(8-16(26)23(32)34-3)36-25-22(31)21(30)20(29)18(11-28)38-25/h5,7-8,12,14-15,17-22,25,28-31H,4,6,9-11H2,1-3H3. The van der Waals surface area contributed by atoms with Crippen molar-refractivity contribution in [2.75, 3.05) is 13.7 Å². The molecule has 1 aromatic rings. The number of carbonyl (C=O) groups excluding carboxylic acids is 2. The molecule has 0 aromatic carbocycles. The van der Waals surface area contributed by atoms with Crippen molar-refractivity contribution in [2.45, 2.75) is 82.4 Å². The molecule has 210 valence electrons. The molecule has 0 radical (unpaired) electrons. The van der Waals surface area contributed by atoms with Crippen LogP contribution in [0, 0.1) is 22.7 Å². The van der Waals surface area contributed by atoms with E-state index in [4.69, 9.17) is 23.4 Å². The quantitative estimate of drug-likeness (QED) is 0.397. The summed E-state index contributed by atoms with van der Waals surface area (Å²) in [4.78, 5) is 26.3. The van der Waals surface area contributed by atoms with Crippen LogP contribution < -0.4 is 0 Å². The molecule has 5 rings (SSSR count). The Balaban J connectivity index is 1.49. The summed E-state index contributed by atoms with van der Waals surface area (Å²) in [5, 5.41) is 40.5. The van der Waals surface area contributed by atoms with Crippen molar-refractivity contribution in [3.63, 3.8) is 0 Å². The second-order valence-corrected chi connectivity index (χ2v) is 11.4. The topological polar surface area (TPSA) is 165 Å². The molecule has 3 fully saturated rings. The van der Waals surface area contributed by atoms with Gasteiger partial charge in [0.15, 0.2) is 6.29 Å². The number of rotatable bonds is 5. The Hall–Kier alpha value is -2.28. The first kappa shape index (κ1) is 27.3. The second-order valence-electron chi connectivity index (χ2n) is 11.4. The zero-order chi connectivity index (χ0) is 27.4. The van der Waals surface area contributed by atoms with E-state index in [0.717, 1.165) is 5.56 Å². The van der Waals surface area contributed by atoms with Crippen molar-refractivity contribution < 1.29 is 53.4 Å². The number of hydrogen-bond acceptors (Lipinski definition) is 11. The first-order valence-electron chi connectivity index (χ1n) is 13.0. The van der Waals surface area contributed by atoms with Gasteiger partial charge in [-0.1, -0.05) is 13.8 Å². The average molecular weight is 537 g/mol. The minimum Gasteiger partial charge on any atom is -0.472 e. The van der Waals surface area contributed by atoms with Gasteiger partial charge >= 0.3 is 11.9 Å². The van der Waals surface area contributed by atoms with Crippen LogP contribution in [-0.4, -0.2) is 82.9 Å². The summed E-state index contributed by atoms with van der Waals surface area (Å²) in [5.41, 5.74) is -0.00992. The van der Waals surface area contributed by atoms with Crippen LogP contribution in [0.2, 0.25) is 0 Å². The fourth-order valence-electron chi connectivity index (χ4n) is 7.28. The van der Waals surface area contributed by atoms with E-state index in [1.54, 1.807) is 18.4 Å². The molecule has 1 saturated carbocycles. The van der Waals surface area contributed by atoms with E-state index in [2.05, 4.69) is 6.92 Å². The number of fused-ring (bicyclic) bond motifs is 3. The third-order valence-corrected chi connectivity index (χ3v) is 9.40. The fourth-order valence-corrected chi connectivity index (χ4v) is 7.28. The molecular weight excluding hydrogens is 500 g/mol. The summed E-state index contributed by atoms with van der Waals surface area (Å²) in [7, 11) is 1.31. The molecule has 11 nitrogen and oxygen atoms in total.